The van der Waals surface area contributed by atoms with Gasteiger partial charge in [-0.2, -0.15) is 0 Å². The van der Waals surface area contributed by atoms with Gasteiger partial charge < -0.3 is 29.0 Å². The van der Waals surface area contributed by atoms with Crippen LogP contribution in [0.1, 0.15) is 43.7 Å². The van der Waals surface area contributed by atoms with E-state index in [1.807, 2.05) is 24.3 Å². The summed E-state index contributed by atoms with van der Waals surface area (Å²) in [4.78, 5) is 25.8. The highest BCUT2D eigenvalue weighted by molar-refractivity contribution is 5.76. The second-order valence-electron chi connectivity index (χ2n) is 8.52. The van der Waals surface area contributed by atoms with E-state index in [0.29, 0.717) is 30.3 Å². The summed E-state index contributed by atoms with van der Waals surface area (Å²) in [5.74, 6) is 0.771. The number of likely N-dealkylation sites (tertiary alicyclic amines) is 1. The zero-order valence-corrected chi connectivity index (χ0v) is 19.5. The van der Waals surface area contributed by atoms with Crippen LogP contribution in [-0.2, 0) is 16.1 Å². The molecule has 8 heteroatoms. The van der Waals surface area contributed by atoms with Crippen LogP contribution < -0.4 is 14.2 Å². The molecule has 33 heavy (non-hydrogen) atoms. The lowest BCUT2D eigenvalue weighted by Gasteiger charge is -2.32. The SMILES string of the molecule is COc1ccc(COC(=O)N2CCCC(c3cccc(OC(C)(C)C(=O)O)c3)C2)cc1OC. The summed E-state index contributed by atoms with van der Waals surface area (Å²) in [6.45, 7) is 4.31. The molecule has 0 bridgehead atoms. The lowest BCUT2D eigenvalue weighted by Crippen LogP contribution is -2.39. The van der Waals surface area contributed by atoms with Crippen molar-refractivity contribution in [1.82, 2.24) is 4.90 Å². The monoisotopic (exact) mass is 457 g/mol. The maximum atomic E-state index is 12.7. The molecule has 0 saturated carbocycles. The molecule has 1 heterocycles. The Balaban J connectivity index is 1.62. The summed E-state index contributed by atoms with van der Waals surface area (Å²) < 4.78 is 21.7. The molecule has 3 rings (SSSR count). The van der Waals surface area contributed by atoms with Gasteiger partial charge in [-0.3, -0.25) is 0 Å². The van der Waals surface area contributed by atoms with Crippen molar-refractivity contribution in [2.75, 3.05) is 27.3 Å². The number of carbonyl (C=O) groups excluding carboxylic acids is 1. The highest BCUT2D eigenvalue weighted by atomic mass is 16.6. The number of hydrogen-bond acceptors (Lipinski definition) is 6. The summed E-state index contributed by atoms with van der Waals surface area (Å²) >= 11 is 0. The summed E-state index contributed by atoms with van der Waals surface area (Å²) in [7, 11) is 3.13. The number of amides is 1. The van der Waals surface area contributed by atoms with Crippen molar-refractivity contribution in [3.05, 3.63) is 53.6 Å². The van der Waals surface area contributed by atoms with Crippen LogP contribution in [0.25, 0.3) is 0 Å². The van der Waals surface area contributed by atoms with E-state index >= 15 is 0 Å². The third-order valence-electron chi connectivity index (χ3n) is 5.71. The first-order chi connectivity index (χ1) is 15.7. The molecular weight excluding hydrogens is 426 g/mol. The van der Waals surface area contributed by atoms with Crippen molar-refractivity contribution in [2.24, 2.45) is 0 Å². The van der Waals surface area contributed by atoms with E-state index in [4.69, 9.17) is 18.9 Å². The predicted molar refractivity (Wildman–Crippen MR) is 122 cm³/mol. The normalized spacial score (nSPS) is 16.1. The first-order valence-corrected chi connectivity index (χ1v) is 10.9. The fourth-order valence-electron chi connectivity index (χ4n) is 3.79. The van der Waals surface area contributed by atoms with E-state index in [2.05, 4.69) is 0 Å². The standard InChI is InChI=1S/C25H31NO7/c1-25(2,23(27)28)33-20-9-5-7-18(14-20)19-8-6-12-26(15-19)24(29)32-16-17-10-11-21(30-3)22(13-17)31-4/h5,7,9-11,13-14,19H,6,8,12,15-16H2,1-4H3,(H,27,28). The first-order valence-electron chi connectivity index (χ1n) is 10.9. The molecule has 0 spiro atoms. The number of benzene rings is 2. The highest BCUT2D eigenvalue weighted by Gasteiger charge is 2.30. The van der Waals surface area contributed by atoms with Crippen molar-refractivity contribution in [2.45, 2.75) is 44.8 Å². The molecule has 1 saturated heterocycles. The summed E-state index contributed by atoms with van der Waals surface area (Å²) in [5.41, 5.74) is 0.483. The van der Waals surface area contributed by atoms with E-state index in [1.165, 1.54) is 13.8 Å². The van der Waals surface area contributed by atoms with Crippen molar-refractivity contribution in [1.29, 1.82) is 0 Å². The number of nitrogens with zero attached hydrogens (tertiary/aromatic N) is 1. The topological polar surface area (TPSA) is 94.5 Å². The number of carboxylic acid groups (broad SMARTS) is 1. The maximum Gasteiger partial charge on any atom is 0.410 e. The highest BCUT2D eigenvalue weighted by Crippen LogP contribution is 2.31. The first kappa shape index (κ1) is 24.2. The second kappa shape index (κ2) is 10.5. The smallest absolute Gasteiger partial charge is 0.410 e. The molecule has 1 fully saturated rings. The van der Waals surface area contributed by atoms with Gasteiger partial charge in [-0.25, -0.2) is 9.59 Å². The van der Waals surface area contributed by atoms with Crippen LogP contribution in [0.4, 0.5) is 4.79 Å². The van der Waals surface area contributed by atoms with Crippen molar-refractivity contribution in [3.63, 3.8) is 0 Å². The fourth-order valence-corrected chi connectivity index (χ4v) is 3.79. The number of carboxylic acids is 1. The van der Waals surface area contributed by atoms with E-state index in [0.717, 1.165) is 24.0 Å². The Kier molecular flexibility index (Phi) is 7.68. The quantitative estimate of drug-likeness (QED) is 0.625. The Morgan fingerprint density at radius 1 is 1.09 bits per heavy atom. The number of carbonyl (C=O) groups is 2. The van der Waals surface area contributed by atoms with Crippen LogP contribution in [0.3, 0.4) is 0 Å². The summed E-state index contributed by atoms with van der Waals surface area (Å²) in [6, 6.07) is 12.8. The Bertz CT molecular complexity index is 988. The van der Waals surface area contributed by atoms with Crippen molar-refractivity contribution >= 4 is 12.1 Å². The molecule has 0 aromatic heterocycles. The van der Waals surface area contributed by atoms with Crippen LogP contribution in [-0.4, -0.2) is 55.0 Å². The minimum absolute atomic E-state index is 0.115. The molecule has 1 N–H and O–H groups in total. The summed E-state index contributed by atoms with van der Waals surface area (Å²) in [5, 5.41) is 9.31. The molecule has 2 aromatic carbocycles. The van der Waals surface area contributed by atoms with Gasteiger partial charge in [0.1, 0.15) is 12.4 Å². The largest absolute Gasteiger partial charge is 0.493 e. The van der Waals surface area contributed by atoms with Gasteiger partial charge >= 0.3 is 12.1 Å². The van der Waals surface area contributed by atoms with Crippen LogP contribution in [0.5, 0.6) is 17.2 Å². The third kappa shape index (κ3) is 6.09. The molecule has 1 aliphatic heterocycles. The number of aliphatic carboxylic acids is 1. The van der Waals surface area contributed by atoms with Gasteiger partial charge in [0.25, 0.3) is 0 Å². The van der Waals surface area contributed by atoms with Crippen molar-refractivity contribution in [3.8, 4) is 17.2 Å². The van der Waals surface area contributed by atoms with Gasteiger partial charge in [-0.15, -0.1) is 0 Å². The Morgan fingerprint density at radius 3 is 2.55 bits per heavy atom. The van der Waals surface area contributed by atoms with Gasteiger partial charge in [0.15, 0.2) is 17.1 Å². The molecule has 1 atom stereocenters. The fraction of sp³-hybridized carbons (Fsp3) is 0.440. The van der Waals surface area contributed by atoms with Gasteiger partial charge in [-0.1, -0.05) is 18.2 Å². The van der Waals surface area contributed by atoms with Crippen LogP contribution in [0, 0.1) is 0 Å². The van der Waals surface area contributed by atoms with Crippen LogP contribution in [0.15, 0.2) is 42.5 Å². The lowest BCUT2D eigenvalue weighted by atomic mass is 9.90. The third-order valence-corrected chi connectivity index (χ3v) is 5.71. The molecule has 1 unspecified atom stereocenters. The maximum absolute atomic E-state index is 12.7. The summed E-state index contributed by atoms with van der Waals surface area (Å²) in [6.07, 6.45) is 1.40. The van der Waals surface area contributed by atoms with E-state index in [-0.39, 0.29) is 18.6 Å². The van der Waals surface area contributed by atoms with Crippen LogP contribution >= 0.6 is 0 Å². The number of hydrogen-bond donors (Lipinski definition) is 1. The molecule has 2 aromatic rings. The molecule has 8 nitrogen and oxygen atoms in total. The minimum atomic E-state index is -1.33. The van der Waals surface area contributed by atoms with Gasteiger partial charge in [0.05, 0.1) is 14.2 Å². The van der Waals surface area contributed by atoms with E-state index in [9.17, 15) is 14.7 Å². The Morgan fingerprint density at radius 2 is 1.85 bits per heavy atom. The Hall–Kier alpha value is -3.42. The number of methoxy groups -OCH3 is 2. The molecule has 178 valence electrons. The Labute approximate surface area is 194 Å². The van der Waals surface area contributed by atoms with Gasteiger partial charge in [-0.05, 0) is 62.1 Å². The minimum Gasteiger partial charge on any atom is -0.493 e. The zero-order valence-electron chi connectivity index (χ0n) is 19.5. The number of piperidine rings is 1. The number of rotatable bonds is 8. The molecule has 1 amide bonds. The lowest BCUT2D eigenvalue weighted by molar-refractivity contribution is -0.152. The zero-order chi connectivity index (χ0) is 24.0. The van der Waals surface area contributed by atoms with Crippen molar-refractivity contribution < 1.29 is 33.6 Å². The van der Waals surface area contributed by atoms with Gasteiger partial charge in [0.2, 0.25) is 0 Å². The van der Waals surface area contributed by atoms with Crippen LogP contribution in [0.2, 0.25) is 0 Å². The molecule has 0 aliphatic carbocycles. The van der Waals surface area contributed by atoms with Gasteiger partial charge in [0, 0.05) is 19.0 Å². The number of ether oxygens (including phenoxy) is 4. The average molecular weight is 458 g/mol. The average Bonchev–Trinajstić information content (AvgIpc) is 2.82. The predicted octanol–water partition coefficient (Wildman–Crippen LogP) is 4.46. The molecule has 0 radical (unpaired) electrons. The van der Waals surface area contributed by atoms with E-state index < -0.39 is 11.6 Å². The molecule has 1 aliphatic rings. The van der Waals surface area contributed by atoms with E-state index in [1.54, 1.807) is 37.3 Å². The second-order valence-corrected chi connectivity index (χ2v) is 8.52. The molecular formula is C25H31NO7.